The van der Waals surface area contributed by atoms with Gasteiger partial charge in [0.1, 0.15) is 11.6 Å². The molecule has 5 aliphatic rings. The van der Waals surface area contributed by atoms with Crippen LogP contribution in [0.15, 0.2) is 54.6 Å². The number of likely N-dealkylation sites (tertiary alicyclic amines) is 1. The fraction of sp³-hybridized carbons (Fsp3) is 0.567. The van der Waals surface area contributed by atoms with Crippen molar-refractivity contribution in [3.05, 3.63) is 60.2 Å². The summed E-state index contributed by atoms with van der Waals surface area (Å²) in [6, 6.07) is 8.47. The fourth-order valence-corrected chi connectivity index (χ4v) is 7.38. The second-order valence-corrected chi connectivity index (χ2v) is 11.4. The van der Waals surface area contributed by atoms with Gasteiger partial charge in [-0.15, -0.1) is 0 Å². The number of hydrogen-bond acceptors (Lipinski definition) is 5. The lowest BCUT2D eigenvalue weighted by molar-refractivity contribution is -0.152. The molecule has 6 atom stereocenters. The number of aliphatic hydroxyl groups excluding tert-OH is 1. The predicted octanol–water partition coefficient (Wildman–Crippen LogP) is 2.28. The zero-order valence-corrected chi connectivity index (χ0v) is 21.9. The summed E-state index contributed by atoms with van der Waals surface area (Å²) in [6.07, 6.45) is 12.3. The zero-order chi connectivity index (χ0) is 26.4. The third kappa shape index (κ3) is 3.92. The van der Waals surface area contributed by atoms with Crippen LogP contribution in [0.4, 0.5) is 0 Å². The Morgan fingerprint density at radius 2 is 1.76 bits per heavy atom. The first-order chi connectivity index (χ1) is 18.5. The Bertz CT molecular complexity index is 1150. The molecule has 1 N–H and O–H groups in total. The van der Waals surface area contributed by atoms with Crippen molar-refractivity contribution in [2.75, 3.05) is 19.7 Å². The van der Waals surface area contributed by atoms with Crippen LogP contribution in [-0.4, -0.2) is 87.1 Å². The second kappa shape index (κ2) is 9.97. The maximum absolute atomic E-state index is 14.3. The minimum Gasteiger partial charge on any atom is -0.394 e. The quantitative estimate of drug-likeness (QED) is 0.603. The number of carbonyl (C=O) groups excluding carboxylic acids is 3. The monoisotopic (exact) mass is 519 g/mol. The molecule has 0 aromatic heterocycles. The summed E-state index contributed by atoms with van der Waals surface area (Å²) in [7, 11) is 0. The summed E-state index contributed by atoms with van der Waals surface area (Å²) in [4.78, 5) is 47.8. The maximum atomic E-state index is 14.3. The standard InChI is InChI=1S/C30H37N3O5/c1-20(19-34)33-26-29(37)32(22-12-6-3-7-13-22)17-9-15-30(26)25(28(33)36)24-23(38-30)14-8-16-31(27(24)35)18-21-10-4-2-5-11-21/h2,4-5,8-11,14-15,20,22-26,34H,3,6-7,12-13,16-19H2,1H3/t20-,23-,24+,25+,26?,30+/m1/s1. The minimum absolute atomic E-state index is 0.131. The second-order valence-electron chi connectivity index (χ2n) is 11.4. The highest BCUT2D eigenvalue weighted by atomic mass is 16.5. The average molecular weight is 520 g/mol. The van der Waals surface area contributed by atoms with Crippen LogP contribution in [0.25, 0.3) is 0 Å². The molecule has 0 bridgehead atoms. The Hall–Kier alpha value is -2.97. The van der Waals surface area contributed by atoms with Crippen molar-refractivity contribution in [1.29, 1.82) is 0 Å². The van der Waals surface area contributed by atoms with Crippen molar-refractivity contribution >= 4 is 17.7 Å². The van der Waals surface area contributed by atoms with Crippen LogP contribution < -0.4 is 0 Å². The van der Waals surface area contributed by atoms with E-state index in [1.165, 1.54) is 11.3 Å². The molecule has 2 saturated heterocycles. The van der Waals surface area contributed by atoms with Gasteiger partial charge < -0.3 is 24.5 Å². The van der Waals surface area contributed by atoms with E-state index in [-0.39, 0.29) is 30.4 Å². The average Bonchev–Trinajstić information content (AvgIpc) is 3.27. The van der Waals surface area contributed by atoms with E-state index in [0.717, 1.165) is 31.2 Å². The number of hydrogen-bond donors (Lipinski definition) is 1. The molecule has 8 nitrogen and oxygen atoms in total. The van der Waals surface area contributed by atoms with Gasteiger partial charge in [-0.3, -0.25) is 14.4 Å². The summed E-state index contributed by atoms with van der Waals surface area (Å²) < 4.78 is 6.70. The van der Waals surface area contributed by atoms with Gasteiger partial charge in [0.05, 0.1) is 30.6 Å². The highest BCUT2D eigenvalue weighted by Crippen LogP contribution is 2.54. The zero-order valence-electron chi connectivity index (χ0n) is 21.9. The number of ether oxygens (including phenoxy) is 1. The van der Waals surface area contributed by atoms with E-state index in [9.17, 15) is 19.5 Å². The van der Waals surface area contributed by atoms with Crippen molar-refractivity contribution in [2.24, 2.45) is 11.8 Å². The van der Waals surface area contributed by atoms with Crippen LogP contribution in [0.1, 0.15) is 44.6 Å². The summed E-state index contributed by atoms with van der Waals surface area (Å²) >= 11 is 0. The van der Waals surface area contributed by atoms with Crippen LogP contribution >= 0.6 is 0 Å². The van der Waals surface area contributed by atoms with E-state index in [1.807, 2.05) is 59.5 Å². The van der Waals surface area contributed by atoms with Crippen LogP contribution in [0.5, 0.6) is 0 Å². The van der Waals surface area contributed by atoms with E-state index >= 15 is 0 Å². The van der Waals surface area contributed by atoms with Crippen LogP contribution in [0.2, 0.25) is 0 Å². The van der Waals surface area contributed by atoms with Crippen LogP contribution in [-0.2, 0) is 25.7 Å². The molecule has 8 heteroatoms. The molecular formula is C30H37N3O5. The summed E-state index contributed by atoms with van der Waals surface area (Å²) in [6.45, 7) is 2.82. The number of amides is 3. The van der Waals surface area contributed by atoms with E-state index in [2.05, 4.69) is 0 Å². The van der Waals surface area contributed by atoms with Gasteiger partial charge >= 0.3 is 0 Å². The fourth-order valence-electron chi connectivity index (χ4n) is 7.38. The SMILES string of the molecule is C[C@H](CO)N1C(=O)[C@@H]2[C@H]3C(=O)N(Cc4ccccc4)CC=C[C@H]3O[C@@]23C=CCN(C2CCCCC2)C(=O)C13. The lowest BCUT2D eigenvalue weighted by Crippen LogP contribution is -2.59. The molecule has 1 aliphatic carbocycles. The molecule has 3 amide bonds. The molecule has 1 aromatic carbocycles. The third-order valence-electron chi connectivity index (χ3n) is 9.18. The van der Waals surface area contributed by atoms with E-state index < -0.39 is 35.6 Å². The number of fused-ring (bicyclic) bond motifs is 2. The number of nitrogens with zero attached hydrogens (tertiary/aromatic N) is 3. The lowest BCUT2D eigenvalue weighted by atomic mass is 9.77. The van der Waals surface area contributed by atoms with E-state index in [0.29, 0.717) is 19.6 Å². The molecule has 38 heavy (non-hydrogen) atoms. The largest absolute Gasteiger partial charge is 0.394 e. The van der Waals surface area contributed by atoms with Gasteiger partial charge in [-0.1, -0.05) is 73.9 Å². The Kier molecular flexibility index (Phi) is 6.64. The van der Waals surface area contributed by atoms with Crippen LogP contribution in [0.3, 0.4) is 0 Å². The molecular weight excluding hydrogens is 482 g/mol. The number of benzene rings is 1. The predicted molar refractivity (Wildman–Crippen MR) is 140 cm³/mol. The van der Waals surface area contributed by atoms with Gasteiger partial charge in [-0.2, -0.15) is 0 Å². The number of rotatable bonds is 5. The molecule has 1 saturated carbocycles. The van der Waals surface area contributed by atoms with Crippen molar-refractivity contribution in [3.8, 4) is 0 Å². The van der Waals surface area contributed by atoms with Gasteiger partial charge in [-0.05, 0) is 25.3 Å². The molecule has 0 radical (unpaired) electrons. The summed E-state index contributed by atoms with van der Waals surface area (Å²) in [5.74, 6) is -2.11. The molecule has 1 unspecified atom stereocenters. The molecule has 4 aliphatic heterocycles. The Labute approximate surface area is 223 Å². The smallest absolute Gasteiger partial charge is 0.249 e. The number of carbonyl (C=O) groups is 3. The van der Waals surface area contributed by atoms with Crippen molar-refractivity contribution in [3.63, 3.8) is 0 Å². The topological polar surface area (TPSA) is 90.4 Å². The van der Waals surface area contributed by atoms with Crippen molar-refractivity contribution in [1.82, 2.24) is 14.7 Å². The van der Waals surface area contributed by atoms with Crippen LogP contribution in [0, 0.1) is 11.8 Å². The summed E-state index contributed by atoms with van der Waals surface area (Å²) in [5.41, 5.74) is -0.230. The first kappa shape index (κ1) is 25.3. The minimum atomic E-state index is -1.24. The Morgan fingerprint density at radius 1 is 1.00 bits per heavy atom. The first-order valence-electron chi connectivity index (χ1n) is 14.0. The summed E-state index contributed by atoms with van der Waals surface area (Å²) in [5, 5.41) is 10.1. The van der Waals surface area contributed by atoms with Crippen molar-refractivity contribution < 1.29 is 24.2 Å². The number of aliphatic hydroxyl groups is 1. The Balaban J connectivity index is 1.38. The van der Waals surface area contributed by atoms with E-state index in [1.54, 1.807) is 11.8 Å². The normalized spacial score (nSPS) is 34.2. The highest BCUT2D eigenvalue weighted by Gasteiger charge is 2.72. The van der Waals surface area contributed by atoms with Gasteiger partial charge in [0.2, 0.25) is 17.7 Å². The molecule has 6 rings (SSSR count). The molecule has 3 fully saturated rings. The molecule has 4 heterocycles. The third-order valence-corrected chi connectivity index (χ3v) is 9.18. The van der Waals surface area contributed by atoms with Gasteiger partial charge in [0.15, 0.2) is 0 Å². The van der Waals surface area contributed by atoms with Gasteiger partial charge in [-0.25, -0.2) is 0 Å². The molecule has 202 valence electrons. The highest BCUT2D eigenvalue weighted by molar-refractivity contribution is 6.00. The van der Waals surface area contributed by atoms with Gasteiger partial charge in [0, 0.05) is 25.7 Å². The van der Waals surface area contributed by atoms with Crippen molar-refractivity contribution in [2.45, 2.75) is 75.4 Å². The molecule has 1 spiro atoms. The molecule has 1 aromatic rings. The maximum Gasteiger partial charge on any atom is 0.249 e. The first-order valence-corrected chi connectivity index (χ1v) is 14.0. The lowest BCUT2D eigenvalue weighted by Gasteiger charge is -2.40. The van der Waals surface area contributed by atoms with E-state index in [4.69, 9.17) is 4.74 Å². The van der Waals surface area contributed by atoms with Gasteiger partial charge in [0.25, 0.3) is 0 Å². The Morgan fingerprint density at radius 3 is 2.50 bits per heavy atom.